The number of aliphatic hydroxyl groups excluding tert-OH is 1. The van der Waals surface area contributed by atoms with E-state index in [9.17, 15) is 14.7 Å². The normalized spacial score (nSPS) is 18.2. The van der Waals surface area contributed by atoms with E-state index < -0.39 is 17.7 Å². The van der Waals surface area contributed by atoms with Crippen molar-refractivity contribution in [1.29, 1.82) is 0 Å². The molecular weight excluding hydrogens is 374 g/mol. The summed E-state index contributed by atoms with van der Waals surface area (Å²) in [5.41, 5.74) is 1.11. The van der Waals surface area contributed by atoms with Crippen LogP contribution in [0.15, 0.2) is 54.1 Å². The average Bonchev–Trinajstić information content (AvgIpc) is 3.02. The van der Waals surface area contributed by atoms with E-state index in [-0.39, 0.29) is 24.5 Å². The molecule has 1 N–H and O–H groups in total. The fourth-order valence-corrected chi connectivity index (χ4v) is 3.36. The third kappa shape index (κ3) is 3.95. The van der Waals surface area contributed by atoms with E-state index in [1.54, 1.807) is 55.6 Å². The number of aliphatic hydroxyl groups is 1. The van der Waals surface area contributed by atoms with Crippen LogP contribution in [-0.2, 0) is 14.3 Å². The average molecular weight is 397 g/mol. The molecule has 1 saturated heterocycles. The van der Waals surface area contributed by atoms with Crippen LogP contribution in [0.25, 0.3) is 5.76 Å². The lowest BCUT2D eigenvalue weighted by Crippen LogP contribution is -2.32. The first-order valence-electron chi connectivity index (χ1n) is 9.07. The van der Waals surface area contributed by atoms with Crippen molar-refractivity contribution >= 4 is 17.4 Å². The second kappa shape index (κ2) is 8.79. The van der Waals surface area contributed by atoms with Gasteiger partial charge in [-0.1, -0.05) is 24.3 Å². The predicted molar refractivity (Wildman–Crippen MR) is 107 cm³/mol. The third-order valence-corrected chi connectivity index (χ3v) is 4.85. The van der Waals surface area contributed by atoms with Crippen LogP contribution in [0.4, 0.5) is 0 Å². The van der Waals surface area contributed by atoms with E-state index in [0.717, 1.165) is 0 Å². The molecule has 152 valence electrons. The zero-order chi connectivity index (χ0) is 21.0. The van der Waals surface area contributed by atoms with Crippen molar-refractivity contribution in [3.63, 3.8) is 0 Å². The number of hydrogen-bond donors (Lipinski definition) is 1. The lowest BCUT2D eigenvalue weighted by Gasteiger charge is -2.25. The number of methoxy groups -OCH3 is 3. The summed E-state index contributed by atoms with van der Waals surface area (Å²) in [5.74, 6) is -0.475. The molecule has 1 heterocycles. The topological polar surface area (TPSA) is 85.3 Å². The molecule has 2 aromatic carbocycles. The highest BCUT2D eigenvalue weighted by molar-refractivity contribution is 6.46. The Balaban J connectivity index is 2.14. The van der Waals surface area contributed by atoms with E-state index in [0.29, 0.717) is 22.6 Å². The van der Waals surface area contributed by atoms with Gasteiger partial charge in [-0.2, -0.15) is 0 Å². The molecule has 0 aliphatic carbocycles. The second-order valence-electron chi connectivity index (χ2n) is 6.49. The van der Waals surface area contributed by atoms with Crippen LogP contribution in [0.5, 0.6) is 11.5 Å². The molecule has 0 radical (unpaired) electrons. The molecule has 29 heavy (non-hydrogen) atoms. The lowest BCUT2D eigenvalue weighted by atomic mass is 9.95. The molecule has 3 rings (SSSR count). The van der Waals surface area contributed by atoms with Gasteiger partial charge in [0.2, 0.25) is 0 Å². The molecule has 1 fully saturated rings. The van der Waals surface area contributed by atoms with Crippen LogP contribution < -0.4 is 9.47 Å². The lowest BCUT2D eigenvalue weighted by molar-refractivity contribution is -0.140. The number of Topliss-reactive ketones (excluding diaryl/α,β-unsaturated/α-hetero) is 1. The Hall–Kier alpha value is -3.32. The van der Waals surface area contributed by atoms with E-state index in [1.165, 1.54) is 19.1 Å². The van der Waals surface area contributed by atoms with Gasteiger partial charge in [-0.05, 0) is 29.8 Å². The number of ketones is 1. The molecule has 1 amide bonds. The van der Waals surface area contributed by atoms with Crippen molar-refractivity contribution in [2.45, 2.75) is 6.04 Å². The quantitative estimate of drug-likeness (QED) is 0.439. The first-order valence-corrected chi connectivity index (χ1v) is 9.07. The fraction of sp³-hybridized carbons (Fsp3) is 0.273. The van der Waals surface area contributed by atoms with Gasteiger partial charge in [0.1, 0.15) is 17.3 Å². The van der Waals surface area contributed by atoms with Gasteiger partial charge in [-0.15, -0.1) is 0 Å². The SMILES string of the molecule is COCCN1C(=O)C(=O)/C(=C(/O)c2cccc(OC)c2)C1c1ccc(OC)cc1. The Kier molecular flexibility index (Phi) is 6.19. The van der Waals surface area contributed by atoms with Crippen LogP contribution in [0.2, 0.25) is 0 Å². The van der Waals surface area contributed by atoms with Gasteiger partial charge in [0.25, 0.3) is 11.7 Å². The van der Waals surface area contributed by atoms with E-state index >= 15 is 0 Å². The minimum atomic E-state index is -0.734. The number of hydrogen-bond acceptors (Lipinski definition) is 6. The molecule has 7 heteroatoms. The third-order valence-electron chi connectivity index (χ3n) is 4.85. The van der Waals surface area contributed by atoms with E-state index in [2.05, 4.69) is 0 Å². The zero-order valence-electron chi connectivity index (χ0n) is 16.5. The number of rotatable bonds is 7. The van der Waals surface area contributed by atoms with Gasteiger partial charge in [-0.3, -0.25) is 9.59 Å². The monoisotopic (exact) mass is 397 g/mol. The highest BCUT2D eigenvalue weighted by Gasteiger charge is 2.45. The zero-order valence-corrected chi connectivity index (χ0v) is 16.5. The molecule has 1 aliphatic heterocycles. The molecule has 0 aromatic heterocycles. The van der Waals surface area contributed by atoms with Crippen molar-refractivity contribution in [1.82, 2.24) is 4.90 Å². The highest BCUT2D eigenvalue weighted by Crippen LogP contribution is 2.39. The summed E-state index contributed by atoms with van der Waals surface area (Å²) >= 11 is 0. The van der Waals surface area contributed by atoms with E-state index in [1.807, 2.05) is 0 Å². The summed E-state index contributed by atoms with van der Waals surface area (Å²) in [7, 11) is 4.60. The van der Waals surface area contributed by atoms with Crippen molar-refractivity contribution in [2.75, 3.05) is 34.5 Å². The highest BCUT2D eigenvalue weighted by atomic mass is 16.5. The summed E-state index contributed by atoms with van der Waals surface area (Å²) in [5, 5.41) is 11.0. The number of ether oxygens (including phenoxy) is 3. The van der Waals surface area contributed by atoms with Crippen molar-refractivity contribution in [3.05, 3.63) is 65.2 Å². The Morgan fingerprint density at radius 1 is 1.00 bits per heavy atom. The number of carbonyl (C=O) groups excluding carboxylic acids is 2. The molecule has 0 spiro atoms. The maximum absolute atomic E-state index is 12.8. The van der Waals surface area contributed by atoms with Crippen LogP contribution in [0, 0.1) is 0 Å². The number of benzene rings is 2. The summed E-state index contributed by atoms with van der Waals surface area (Å²) in [4.78, 5) is 27.0. The van der Waals surface area contributed by atoms with Crippen LogP contribution >= 0.6 is 0 Å². The summed E-state index contributed by atoms with van der Waals surface area (Å²) in [6.45, 7) is 0.478. The van der Waals surface area contributed by atoms with Crippen LogP contribution in [0.3, 0.4) is 0 Å². The van der Waals surface area contributed by atoms with Gasteiger partial charge in [0.15, 0.2) is 0 Å². The molecular formula is C22H23NO6. The minimum Gasteiger partial charge on any atom is -0.507 e. The first kappa shape index (κ1) is 20.4. The summed E-state index contributed by atoms with van der Waals surface area (Å²) in [6.07, 6.45) is 0. The molecule has 1 atom stereocenters. The largest absolute Gasteiger partial charge is 0.507 e. The summed E-state index contributed by atoms with van der Waals surface area (Å²) < 4.78 is 15.5. The number of amides is 1. The van der Waals surface area contributed by atoms with E-state index in [4.69, 9.17) is 14.2 Å². The molecule has 7 nitrogen and oxygen atoms in total. The first-order chi connectivity index (χ1) is 14.0. The molecule has 1 unspecified atom stereocenters. The minimum absolute atomic E-state index is 0.0320. The predicted octanol–water partition coefficient (Wildman–Crippen LogP) is 2.77. The maximum Gasteiger partial charge on any atom is 0.295 e. The van der Waals surface area contributed by atoms with Crippen LogP contribution in [-0.4, -0.2) is 56.2 Å². The standard InChI is InChI=1S/C22H23NO6/c1-27-12-11-23-19(14-7-9-16(28-2)10-8-14)18(21(25)22(23)26)20(24)15-5-4-6-17(13-15)29-3/h4-10,13,19,24H,11-12H2,1-3H3/b20-18+. The smallest absolute Gasteiger partial charge is 0.295 e. The van der Waals surface area contributed by atoms with Crippen LogP contribution in [0.1, 0.15) is 17.2 Å². The van der Waals surface area contributed by atoms with Gasteiger partial charge in [0, 0.05) is 19.2 Å². The Morgan fingerprint density at radius 3 is 2.31 bits per heavy atom. The molecule has 0 bridgehead atoms. The van der Waals surface area contributed by atoms with Gasteiger partial charge < -0.3 is 24.2 Å². The van der Waals surface area contributed by atoms with Gasteiger partial charge in [-0.25, -0.2) is 0 Å². The molecule has 2 aromatic rings. The summed E-state index contributed by atoms with van der Waals surface area (Å²) in [6, 6.07) is 13.0. The fourth-order valence-electron chi connectivity index (χ4n) is 3.36. The Labute approximate surface area is 169 Å². The molecule has 1 aliphatic rings. The maximum atomic E-state index is 12.8. The van der Waals surface area contributed by atoms with Crippen molar-refractivity contribution < 1.29 is 28.9 Å². The molecule has 0 saturated carbocycles. The van der Waals surface area contributed by atoms with Crippen molar-refractivity contribution in [3.8, 4) is 11.5 Å². The van der Waals surface area contributed by atoms with Crippen molar-refractivity contribution in [2.24, 2.45) is 0 Å². The number of carbonyl (C=O) groups is 2. The Morgan fingerprint density at radius 2 is 1.69 bits per heavy atom. The van der Waals surface area contributed by atoms with Gasteiger partial charge >= 0.3 is 0 Å². The number of nitrogens with zero attached hydrogens (tertiary/aromatic N) is 1. The van der Waals surface area contributed by atoms with Gasteiger partial charge in [0.05, 0.1) is 32.4 Å². The Bertz CT molecular complexity index is 935. The second-order valence-corrected chi connectivity index (χ2v) is 6.49. The number of likely N-dealkylation sites (tertiary alicyclic amines) is 1.